The molecule has 36 heavy (non-hydrogen) atoms. The molecule has 1 saturated carbocycles. The topological polar surface area (TPSA) is 87.6 Å². The van der Waals surface area contributed by atoms with Gasteiger partial charge in [0.15, 0.2) is 11.5 Å². The van der Waals surface area contributed by atoms with Crippen LogP contribution in [0.5, 0.6) is 5.75 Å². The standard InChI is InChI=1S/C27H30Cl2N4O3/c1-16(34)20-14-30-24-7-6-23(18-12-21(28)27(35)22(29)13-18)32-26(24)25(20)31-19-4-2-17(3-5-19)15-33-8-10-36-11-9-33/h6-7,12-14,17,19,35H,2-5,8-11,15H2,1H3,(H,30,31)/t17-,19-. The molecule has 0 amide bonds. The maximum Gasteiger partial charge on any atom is 0.163 e. The molecule has 1 aliphatic heterocycles. The van der Waals surface area contributed by atoms with E-state index >= 15 is 0 Å². The molecule has 9 heteroatoms. The second-order valence-corrected chi connectivity index (χ2v) is 10.5. The van der Waals surface area contributed by atoms with Crippen LogP contribution in [0.25, 0.3) is 22.3 Å². The van der Waals surface area contributed by atoms with Crippen LogP contribution in [0.15, 0.2) is 30.5 Å². The molecule has 0 unspecified atom stereocenters. The van der Waals surface area contributed by atoms with Gasteiger partial charge in [-0.15, -0.1) is 0 Å². The highest BCUT2D eigenvalue weighted by Crippen LogP contribution is 2.37. The number of nitrogens with one attached hydrogen (secondary N) is 1. The van der Waals surface area contributed by atoms with Crippen LogP contribution in [0, 0.1) is 5.92 Å². The van der Waals surface area contributed by atoms with Gasteiger partial charge < -0.3 is 15.2 Å². The number of aromatic hydroxyl groups is 1. The Morgan fingerprint density at radius 2 is 1.83 bits per heavy atom. The second-order valence-electron chi connectivity index (χ2n) is 9.73. The Bertz CT molecular complexity index is 1250. The Morgan fingerprint density at radius 3 is 2.50 bits per heavy atom. The lowest BCUT2D eigenvalue weighted by molar-refractivity contribution is 0.0276. The number of ketones is 1. The molecular weight excluding hydrogens is 499 g/mol. The average Bonchev–Trinajstić information content (AvgIpc) is 2.88. The van der Waals surface area contributed by atoms with Gasteiger partial charge in [0.25, 0.3) is 0 Å². The van der Waals surface area contributed by atoms with Crippen molar-refractivity contribution in [2.45, 2.75) is 38.6 Å². The number of aromatic nitrogens is 2. The van der Waals surface area contributed by atoms with Crippen LogP contribution in [-0.2, 0) is 4.74 Å². The van der Waals surface area contributed by atoms with E-state index in [1.165, 1.54) is 0 Å². The molecule has 0 spiro atoms. The smallest absolute Gasteiger partial charge is 0.163 e. The molecule has 2 fully saturated rings. The number of Topliss-reactive ketones (excluding diaryl/α,β-unsaturated/α-hetero) is 1. The van der Waals surface area contributed by atoms with Gasteiger partial charge in [0, 0.05) is 37.4 Å². The van der Waals surface area contributed by atoms with Crippen LogP contribution in [0.3, 0.4) is 0 Å². The Labute approximate surface area is 220 Å². The lowest BCUT2D eigenvalue weighted by Gasteiger charge is -2.35. The summed E-state index contributed by atoms with van der Waals surface area (Å²) >= 11 is 12.3. The molecule has 7 nitrogen and oxygen atoms in total. The summed E-state index contributed by atoms with van der Waals surface area (Å²) in [6, 6.07) is 7.23. The molecule has 0 radical (unpaired) electrons. The van der Waals surface area contributed by atoms with Crippen molar-refractivity contribution in [3.63, 3.8) is 0 Å². The van der Waals surface area contributed by atoms with Gasteiger partial charge in [0.05, 0.1) is 45.7 Å². The summed E-state index contributed by atoms with van der Waals surface area (Å²) in [5.74, 6) is 0.474. The zero-order valence-corrected chi connectivity index (χ0v) is 21.8. The number of morpholine rings is 1. The monoisotopic (exact) mass is 528 g/mol. The van der Waals surface area contributed by atoms with Crippen molar-refractivity contribution in [3.8, 4) is 17.0 Å². The molecule has 0 atom stereocenters. The van der Waals surface area contributed by atoms with E-state index in [9.17, 15) is 9.90 Å². The fourth-order valence-corrected chi connectivity index (χ4v) is 5.68. The number of hydrogen-bond acceptors (Lipinski definition) is 7. The highest BCUT2D eigenvalue weighted by atomic mass is 35.5. The first-order valence-electron chi connectivity index (χ1n) is 12.4. The lowest BCUT2D eigenvalue weighted by atomic mass is 9.85. The lowest BCUT2D eigenvalue weighted by Crippen LogP contribution is -2.40. The first-order valence-corrected chi connectivity index (χ1v) is 13.2. The van der Waals surface area contributed by atoms with Crippen LogP contribution in [0.4, 0.5) is 5.69 Å². The van der Waals surface area contributed by atoms with Gasteiger partial charge in [-0.25, -0.2) is 4.98 Å². The van der Waals surface area contributed by atoms with Gasteiger partial charge in [0.2, 0.25) is 0 Å². The summed E-state index contributed by atoms with van der Waals surface area (Å²) in [5.41, 5.74) is 3.89. The number of pyridine rings is 2. The molecular formula is C27H30Cl2N4O3. The molecule has 1 saturated heterocycles. The molecule has 1 aromatic carbocycles. The van der Waals surface area contributed by atoms with E-state index in [0.29, 0.717) is 33.8 Å². The fourth-order valence-electron chi connectivity index (χ4n) is 5.20. The predicted molar refractivity (Wildman–Crippen MR) is 143 cm³/mol. The van der Waals surface area contributed by atoms with E-state index in [-0.39, 0.29) is 27.6 Å². The minimum absolute atomic E-state index is 0.0594. The molecule has 0 bridgehead atoms. The number of benzene rings is 1. The third kappa shape index (κ3) is 5.44. The van der Waals surface area contributed by atoms with Crippen molar-refractivity contribution in [1.29, 1.82) is 0 Å². The van der Waals surface area contributed by atoms with Crippen molar-refractivity contribution in [3.05, 3.63) is 46.1 Å². The van der Waals surface area contributed by atoms with E-state index < -0.39 is 0 Å². The van der Waals surface area contributed by atoms with Crippen LogP contribution >= 0.6 is 23.2 Å². The van der Waals surface area contributed by atoms with Crippen molar-refractivity contribution in [2.75, 3.05) is 38.2 Å². The Kier molecular flexibility index (Phi) is 7.62. The molecule has 1 aliphatic carbocycles. The highest BCUT2D eigenvalue weighted by molar-refractivity contribution is 6.37. The summed E-state index contributed by atoms with van der Waals surface area (Å²) in [7, 11) is 0. The minimum Gasteiger partial charge on any atom is -0.505 e. The third-order valence-corrected chi connectivity index (χ3v) is 7.80. The summed E-state index contributed by atoms with van der Waals surface area (Å²) in [4.78, 5) is 24.4. The average molecular weight is 529 g/mol. The van der Waals surface area contributed by atoms with Crippen molar-refractivity contribution in [1.82, 2.24) is 14.9 Å². The maximum atomic E-state index is 12.5. The Morgan fingerprint density at radius 1 is 1.14 bits per heavy atom. The number of phenols is 1. The number of rotatable bonds is 6. The van der Waals surface area contributed by atoms with Gasteiger partial charge in [-0.2, -0.15) is 0 Å². The number of carbonyl (C=O) groups is 1. The number of hydrogen-bond donors (Lipinski definition) is 2. The summed E-state index contributed by atoms with van der Waals surface area (Å²) in [5, 5.41) is 13.9. The molecule has 2 N–H and O–H groups in total. The number of anilines is 1. The molecule has 3 heterocycles. The van der Waals surface area contributed by atoms with Crippen molar-refractivity contribution >= 4 is 45.7 Å². The van der Waals surface area contributed by atoms with E-state index in [1.807, 2.05) is 12.1 Å². The molecule has 190 valence electrons. The van der Waals surface area contributed by atoms with E-state index in [4.69, 9.17) is 32.9 Å². The van der Waals surface area contributed by atoms with E-state index in [2.05, 4.69) is 15.2 Å². The van der Waals surface area contributed by atoms with Crippen LogP contribution in [0.1, 0.15) is 43.0 Å². The normalized spacial score (nSPS) is 21.0. The molecule has 5 rings (SSSR count). The fraction of sp³-hybridized carbons (Fsp3) is 0.444. The van der Waals surface area contributed by atoms with Crippen molar-refractivity contribution < 1.29 is 14.6 Å². The Hall–Kier alpha value is -2.45. The number of nitrogens with zero attached hydrogens (tertiary/aromatic N) is 3. The summed E-state index contributed by atoms with van der Waals surface area (Å²) in [6.07, 6.45) is 6.01. The van der Waals surface area contributed by atoms with Gasteiger partial charge >= 0.3 is 0 Å². The largest absolute Gasteiger partial charge is 0.505 e. The third-order valence-electron chi connectivity index (χ3n) is 7.22. The summed E-state index contributed by atoms with van der Waals surface area (Å²) < 4.78 is 5.48. The zero-order valence-electron chi connectivity index (χ0n) is 20.3. The SMILES string of the molecule is CC(=O)c1cnc2ccc(-c3cc(Cl)c(O)c(Cl)c3)nc2c1N[C@H]1CC[C@H](CN2CCOCC2)CC1. The van der Waals surface area contributed by atoms with E-state index in [0.717, 1.165) is 64.2 Å². The van der Waals surface area contributed by atoms with Gasteiger partial charge in [-0.05, 0) is 62.8 Å². The summed E-state index contributed by atoms with van der Waals surface area (Å²) in [6.45, 7) is 6.39. The van der Waals surface area contributed by atoms with Crippen LogP contribution in [0.2, 0.25) is 10.0 Å². The highest BCUT2D eigenvalue weighted by Gasteiger charge is 2.26. The number of halogens is 2. The Balaban J connectivity index is 1.40. The van der Waals surface area contributed by atoms with Gasteiger partial charge in [-0.1, -0.05) is 23.2 Å². The van der Waals surface area contributed by atoms with E-state index in [1.54, 1.807) is 25.3 Å². The molecule has 3 aromatic rings. The van der Waals surface area contributed by atoms with Gasteiger partial charge in [0.1, 0.15) is 5.52 Å². The minimum atomic E-state index is -0.157. The zero-order chi connectivity index (χ0) is 25.2. The first-order chi connectivity index (χ1) is 17.4. The number of fused-ring (bicyclic) bond motifs is 1. The number of carbonyl (C=O) groups excluding carboxylic acids is 1. The van der Waals surface area contributed by atoms with Gasteiger partial charge in [-0.3, -0.25) is 14.7 Å². The molecule has 2 aliphatic rings. The quantitative estimate of drug-likeness (QED) is 0.390. The van der Waals surface area contributed by atoms with Crippen LogP contribution < -0.4 is 5.32 Å². The molecule has 2 aromatic heterocycles. The maximum absolute atomic E-state index is 12.5. The number of phenolic OH excluding ortho intramolecular Hbond substituents is 1. The van der Waals surface area contributed by atoms with Crippen LogP contribution in [-0.4, -0.2) is 64.6 Å². The van der Waals surface area contributed by atoms with Crippen molar-refractivity contribution in [2.24, 2.45) is 5.92 Å². The second kappa shape index (κ2) is 10.9. The predicted octanol–water partition coefficient (Wildman–Crippen LogP) is 5.81. The number of ether oxygens (including phenoxy) is 1. The first kappa shape index (κ1) is 25.2.